The van der Waals surface area contributed by atoms with Gasteiger partial charge in [0.15, 0.2) is 5.82 Å². The normalized spacial score (nSPS) is 13.3. The average Bonchev–Trinajstić information content (AvgIpc) is 3.07. The van der Waals surface area contributed by atoms with Gasteiger partial charge in [-0.2, -0.15) is 4.72 Å². The summed E-state index contributed by atoms with van der Waals surface area (Å²) in [6, 6.07) is 3.78. The highest BCUT2D eigenvalue weighted by molar-refractivity contribution is 7.91. The highest BCUT2D eigenvalue weighted by Gasteiger charge is 2.29. The first kappa shape index (κ1) is 16.7. The van der Waals surface area contributed by atoms with Crippen molar-refractivity contribution in [3.05, 3.63) is 29.3 Å². The molecule has 0 spiro atoms. The van der Waals surface area contributed by atoms with Gasteiger partial charge in [-0.25, -0.2) is 8.42 Å². The fourth-order valence-electron chi connectivity index (χ4n) is 1.76. The Morgan fingerprint density at radius 1 is 1.41 bits per heavy atom. The second kappa shape index (κ2) is 6.59. The summed E-state index contributed by atoms with van der Waals surface area (Å²) < 4.78 is 32.0. The molecule has 9 heteroatoms. The maximum atomic E-state index is 12.3. The van der Waals surface area contributed by atoms with Crippen molar-refractivity contribution in [2.45, 2.75) is 31.0 Å². The summed E-state index contributed by atoms with van der Waals surface area (Å²) in [5.41, 5.74) is 0. The Hall–Kier alpha value is -1.71. The van der Waals surface area contributed by atoms with Crippen LogP contribution >= 0.6 is 11.3 Å². The van der Waals surface area contributed by atoms with Crippen molar-refractivity contribution >= 4 is 33.1 Å². The summed E-state index contributed by atoms with van der Waals surface area (Å²) in [5, 5.41) is 7.87. The summed E-state index contributed by atoms with van der Waals surface area (Å²) >= 11 is 1.09. The van der Waals surface area contributed by atoms with Gasteiger partial charge in [0.2, 0.25) is 5.91 Å². The molecule has 2 aromatic rings. The summed E-state index contributed by atoms with van der Waals surface area (Å²) in [6.07, 6.45) is 0. The highest BCUT2D eigenvalue weighted by atomic mass is 32.2. The molecule has 2 aromatic heterocycles. The molecule has 0 bridgehead atoms. The second-order valence-corrected chi connectivity index (χ2v) is 7.98. The molecule has 22 heavy (non-hydrogen) atoms. The van der Waals surface area contributed by atoms with Crippen LogP contribution in [-0.4, -0.2) is 25.5 Å². The van der Waals surface area contributed by atoms with Crippen LogP contribution in [0.4, 0.5) is 5.82 Å². The van der Waals surface area contributed by atoms with Gasteiger partial charge in [-0.3, -0.25) is 4.79 Å². The third kappa shape index (κ3) is 3.93. The van der Waals surface area contributed by atoms with E-state index in [1.807, 2.05) is 0 Å². The molecule has 120 valence electrons. The van der Waals surface area contributed by atoms with Gasteiger partial charge in [0.25, 0.3) is 10.0 Å². The number of nitrogens with zero attached hydrogens (tertiary/aromatic N) is 1. The topological polar surface area (TPSA) is 101 Å². The molecule has 0 aromatic carbocycles. The first-order valence-electron chi connectivity index (χ1n) is 6.59. The Bertz CT molecular complexity index is 735. The monoisotopic (exact) mass is 343 g/mol. The predicted molar refractivity (Wildman–Crippen MR) is 83.1 cm³/mol. The van der Waals surface area contributed by atoms with Gasteiger partial charge in [-0.05, 0) is 24.3 Å². The molecule has 0 saturated carbocycles. The SMILES string of the molecule is Cc1cc(NC(=O)[C@@H](NS(=O)(=O)c2cccs2)C(C)C)no1. The molecule has 2 heterocycles. The van der Waals surface area contributed by atoms with Crippen molar-refractivity contribution < 1.29 is 17.7 Å². The standard InChI is InChI=1S/C13H17N3O4S2/c1-8(2)12(13(17)14-10-7-9(3)20-15-10)16-22(18,19)11-5-4-6-21-11/h4-8,12,16H,1-3H3,(H,14,15,17)/t12-/m0/s1. The minimum Gasteiger partial charge on any atom is -0.360 e. The zero-order valence-corrected chi connectivity index (χ0v) is 14.0. The number of hydrogen-bond donors (Lipinski definition) is 2. The lowest BCUT2D eigenvalue weighted by Gasteiger charge is -2.20. The summed E-state index contributed by atoms with van der Waals surface area (Å²) in [4.78, 5) is 12.3. The van der Waals surface area contributed by atoms with Crippen molar-refractivity contribution in [1.82, 2.24) is 9.88 Å². The Morgan fingerprint density at radius 3 is 2.64 bits per heavy atom. The van der Waals surface area contributed by atoms with Crippen LogP contribution in [0.15, 0.2) is 32.3 Å². The maximum absolute atomic E-state index is 12.3. The number of thiophene rings is 1. The molecule has 2 rings (SSSR count). The zero-order chi connectivity index (χ0) is 16.3. The molecule has 0 saturated heterocycles. The van der Waals surface area contributed by atoms with Crippen LogP contribution in [0, 0.1) is 12.8 Å². The van der Waals surface area contributed by atoms with E-state index >= 15 is 0 Å². The second-order valence-electron chi connectivity index (χ2n) is 5.09. The first-order valence-corrected chi connectivity index (χ1v) is 8.96. The van der Waals surface area contributed by atoms with Gasteiger partial charge >= 0.3 is 0 Å². The number of aromatic nitrogens is 1. The first-order chi connectivity index (χ1) is 10.3. The molecular weight excluding hydrogens is 326 g/mol. The Morgan fingerprint density at radius 2 is 2.14 bits per heavy atom. The quantitative estimate of drug-likeness (QED) is 0.835. The number of sulfonamides is 1. The smallest absolute Gasteiger partial charge is 0.250 e. The molecule has 0 aliphatic heterocycles. The molecule has 0 aliphatic rings. The lowest BCUT2D eigenvalue weighted by molar-refractivity contribution is -0.118. The van der Waals surface area contributed by atoms with E-state index in [1.54, 1.807) is 38.3 Å². The van der Waals surface area contributed by atoms with E-state index in [0.717, 1.165) is 11.3 Å². The van der Waals surface area contributed by atoms with E-state index in [2.05, 4.69) is 15.2 Å². The number of carbonyl (C=O) groups is 1. The van der Waals surface area contributed by atoms with Crippen molar-refractivity contribution in [2.24, 2.45) is 5.92 Å². The molecule has 1 atom stereocenters. The number of rotatable bonds is 6. The van der Waals surface area contributed by atoms with Crippen LogP contribution in [0.25, 0.3) is 0 Å². The van der Waals surface area contributed by atoms with Crippen LogP contribution in [0.5, 0.6) is 0 Å². The third-order valence-corrected chi connectivity index (χ3v) is 5.71. The fourth-order valence-corrected chi connectivity index (χ4v) is 4.12. The van der Waals surface area contributed by atoms with E-state index in [9.17, 15) is 13.2 Å². The average molecular weight is 343 g/mol. The van der Waals surface area contributed by atoms with Gasteiger partial charge < -0.3 is 9.84 Å². The number of hydrogen-bond acceptors (Lipinski definition) is 6. The molecule has 0 unspecified atom stereocenters. The van der Waals surface area contributed by atoms with Crippen molar-refractivity contribution in [3.63, 3.8) is 0 Å². The zero-order valence-electron chi connectivity index (χ0n) is 12.4. The lowest BCUT2D eigenvalue weighted by atomic mass is 10.1. The maximum Gasteiger partial charge on any atom is 0.250 e. The number of aryl methyl sites for hydroxylation is 1. The minimum absolute atomic E-state index is 0.170. The molecule has 7 nitrogen and oxygen atoms in total. The largest absolute Gasteiger partial charge is 0.360 e. The number of carbonyl (C=O) groups excluding carboxylic acids is 1. The van der Waals surface area contributed by atoms with Gasteiger partial charge in [-0.1, -0.05) is 25.1 Å². The van der Waals surface area contributed by atoms with Crippen LogP contribution in [0.1, 0.15) is 19.6 Å². The van der Waals surface area contributed by atoms with Crippen molar-refractivity contribution in [3.8, 4) is 0 Å². The van der Waals surface area contributed by atoms with Gasteiger partial charge in [0, 0.05) is 6.07 Å². The molecule has 1 amide bonds. The van der Waals surface area contributed by atoms with Crippen LogP contribution in [0.3, 0.4) is 0 Å². The third-order valence-electron chi connectivity index (χ3n) is 2.87. The molecule has 2 N–H and O–H groups in total. The van der Waals surface area contributed by atoms with E-state index in [4.69, 9.17) is 4.52 Å². The highest BCUT2D eigenvalue weighted by Crippen LogP contribution is 2.18. The number of amides is 1. The van der Waals surface area contributed by atoms with E-state index in [1.165, 1.54) is 6.07 Å². The minimum atomic E-state index is -3.73. The van der Waals surface area contributed by atoms with Crippen LogP contribution in [0.2, 0.25) is 0 Å². The molecule has 0 radical (unpaired) electrons. The van der Waals surface area contributed by atoms with E-state index in [-0.39, 0.29) is 15.9 Å². The van der Waals surface area contributed by atoms with E-state index in [0.29, 0.717) is 5.76 Å². The van der Waals surface area contributed by atoms with Gasteiger partial charge in [-0.15, -0.1) is 11.3 Å². The molecule has 0 fully saturated rings. The Labute approximate surface area is 132 Å². The number of anilines is 1. The van der Waals surface area contributed by atoms with Crippen molar-refractivity contribution in [2.75, 3.05) is 5.32 Å². The van der Waals surface area contributed by atoms with Gasteiger partial charge in [0.05, 0.1) is 0 Å². The van der Waals surface area contributed by atoms with Crippen LogP contribution in [-0.2, 0) is 14.8 Å². The predicted octanol–water partition coefficient (Wildman–Crippen LogP) is 1.99. The molecular formula is C13H17N3O4S2. The number of nitrogens with one attached hydrogen (secondary N) is 2. The summed E-state index contributed by atoms with van der Waals surface area (Å²) in [5.74, 6) is 0.0881. The van der Waals surface area contributed by atoms with Crippen LogP contribution < -0.4 is 10.0 Å². The fraction of sp³-hybridized carbons (Fsp3) is 0.385. The van der Waals surface area contributed by atoms with Gasteiger partial charge in [0.1, 0.15) is 16.0 Å². The van der Waals surface area contributed by atoms with E-state index < -0.39 is 22.0 Å². The van der Waals surface area contributed by atoms with Crippen molar-refractivity contribution in [1.29, 1.82) is 0 Å². The Kier molecular flexibility index (Phi) is 4.99. The molecule has 0 aliphatic carbocycles. The lowest BCUT2D eigenvalue weighted by Crippen LogP contribution is -2.46. The Balaban J connectivity index is 2.14. The summed E-state index contributed by atoms with van der Waals surface area (Å²) in [6.45, 7) is 5.21. The summed E-state index contributed by atoms with van der Waals surface area (Å²) in [7, 11) is -3.73.